The van der Waals surface area contributed by atoms with Crippen LogP contribution >= 0.6 is 0 Å². The van der Waals surface area contributed by atoms with Crippen molar-refractivity contribution >= 4 is 0 Å². The number of unbranched alkanes of at least 4 members (excludes halogenated alkanes) is 1. The first-order chi connectivity index (χ1) is 6.75. The van der Waals surface area contributed by atoms with E-state index < -0.39 is 0 Å². The molecule has 0 radical (unpaired) electrons. The maximum absolute atomic E-state index is 5.49. The summed E-state index contributed by atoms with van der Waals surface area (Å²) in [6, 6.07) is 8.74. The highest BCUT2D eigenvalue weighted by atomic mass is 14.5. The monoisotopic (exact) mass is 191 g/mol. The third-order valence-corrected chi connectivity index (χ3v) is 2.58. The topological polar surface area (TPSA) is 26.0 Å². The third kappa shape index (κ3) is 3.15. The van der Waals surface area contributed by atoms with Crippen LogP contribution in [0.5, 0.6) is 0 Å². The summed E-state index contributed by atoms with van der Waals surface area (Å²) >= 11 is 0. The van der Waals surface area contributed by atoms with E-state index in [2.05, 4.69) is 38.1 Å². The van der Waals surface area contributed by atoms with E-state index in [4.69, 9.17) is 5.73 Å². The van der Waals surface area contributed by atoms with E-state index in [1.807, 2.05) is 0 Å². The van der Waals surface area contributed by atoms with Gasteiger partial charge in [-0.1, -0.05) is 38.1 Å². The van der Waals surface area contributed by atoms with Crippen molar-refractivity contribution < 1.29 is 0 Å². The molecule has 1 heteroatoms. The SMILES string of the molecule is CC(C)c1ccccc1CCCCN. The van der Waals surface area contributed by atoms with Gasteiger partial charge in [-0.3, -0.25) is 0 Å². The summed E-state index contributed by atoms with van der Waals surface area (Å²) in [5, 5.41) is 0. The van der Waals surface area contributed by atoms with Gasteiger partial charge in [0.2, 0.25) is 0 Å². The minimum Gasteiger partial charge on any atom is -0.330 e. The summed E-state index contributed by atoms with van der Waals surface area (Å²) < 4.78 is 0. The van der Waals surface area contributed by atoms with E-state index in [1.54, 1.807) is 0 Å². The normalized spacial score (nSPS) is 10.9. The molecule has 0 aliphatic carbocycles. The van der Waals surface area contributed by atoms with E-state index in [1.165, 1.54) is 24.0 Å². The quantitative estimate of drug-likeness (QED) is 0.711. The van der Waals surface area contributed by atoms with Crippen molar-refractivity contribution in [2.45, 2.75) is 39.0 Å². The zero-order valence-electron chi connectivity index (χ0n) is 9.29. The van der Waals surface area contributed by atoms with Crippen LogP contribution in [0.1, 0.15) is 43.7 Å². The van der Waals surface area contributed by atoms with Gasteiger partial charge in [0.1, 0.15) is 0 Å². The fraction of sp³-hybridized carbons (Fsp3) is 0.538. The van der Waals surface area contributed by atoms with Crippen LogP contribution in [0.3, 0.4) is 0 Å². The third-order valence-electron chi connectivity index (χ3n) is 2.58. The molecule has 1 nitrogen and oxygen atoms in total. The van der Waals surface area contributed by atoms with Crippen molar-refractivity contribution in [3.8, 4) is 0 Å². The second-order valence-electron chi connectivity index (χ2n) is 4.10. The lowest BCUT2D eigenvalue weighted by Crippen LogP contribution is -2.01. The molecular formula is C13H21N. The largest absolute Gasteiger partial charge is 0.330 e. The summed E-state index contributed by atoms with van der Waals surface area (Å²) in [6.45, 7) is 5.31. The van der Waals surface area contributed by atoms with Crippen LogP contribution < -0.4 is 5.73 Å². The number of aryl methyl sites for hydroxylation is 1. The molecule has 78 valence electrons. The van der Waals surface area contributed by atoms with Gasteiger partial charge in [0, 0.05) is 0 Å². The van der Waals surface area contributed by atoms with Gasteiger partial charge in [0.15, 0.2) is 0 Å². The first-order valence-corrected chi connectivity index (χ1v) is 5.53. The fourth-order valence-electron chi connectivity index (χ4n) is 1.78. The van der Waals surface area contributed by atoms with Gasteiger partial charge in [0.05, 0.1) is 0 Å². The Hall–Kier alpha value is -0.820. The van der Waals surface area contributed by atoms with Crippen LogP contribution in [0, 0.1) is 0 Å². The van der Waals surface area contributed by atoms with Gasteiger partial charge < -0.3 is 5.73 Å². The molecule has 0 bridgehead atoms. The minimum absolute atomic E-state index is 0.629. The van der Waals surface area contributed by atoms with Gasteiger partial charge in [0.25, 0.3) is 0 Å². The lowest BCUT2D eigenvalue weighted by Gasteiger charge is -2.11. The Kier molecular flexibility index (Phi) is 4.68. The molecule has 0 fully saturated rings. The zero-order chi connectivity index (χ0) is 10.4. The van der Waals surface area contributed by atoms with Crippen LogP contribution in [0.4, 0.5) is 0 Å². The van der Waals surface area contributed by atoms with Crippen LogP contribution in [-0.4, -0.2) is 6.54 Å². The Morgan fingerprint density at radius 3 is 2.50 bits per heavy atom. The molecule has 1 aromatic carbocycles. The second-order valence-corrected chi connectivity index (χ2v) is 4.10. The Bertz CT molecular complexity index is 266. The number of hydrogen-bond acceptors (Lipinski definition) is 1. The molecule has 0 aliphatic heterocycles. The molecule has 1 aromatic rings. The molecule has 0 saturated carbocycles. The highest BCUT2D eigenvalue weighted by Gasteiger charge is 2.04. The first kappa shape index (κ1) is 11.3. The van der Waals surface area contributed by atoms with Crippen LogP contribution in [0.2, 0.25) is 0 Å². The molecule has 1 rings (SSSR count). The molecule has 0 heterocycles. The van der Waals surface area contributed by atoms with Gasteiger partial charge >= 0.3 is 0 Å². The Labute approximate surface area is 87.3 Å². The predicted octanol–water partition coefficient (Wildman–Crippen LogP) is 3.09. The second kappa shape index (κ2) is 5.82. The van der Waals surface area contributed by atoms with Gasteiger partial charge in [-0.2, -0.15) is 0 Å². The van der Waals surface area contributed by atoms with Crippen LogP contribution in [-0.2, 0) is 6.42 Å². The molecule has 2 N–H and O–H groups in total. The molecule has 0 amide bonds. The Morgan fingerprint density at radius 1 is 1.14 bits per heavy atom. The van der Waals surface area contributed by atoms with Crippen LogP contribution in [0.15, 0.2) is 24.3 Å². The summed E-state index contributed by atoms with van der Waals surface area (Å²) in [7, 11) is 0. The highest BCUT2D eigenvalue weighted by molar-refractivity contribution is 5.29. The summed E-state index contributed by atoms with van der Waals surface area (Å²) in [5.41, 5.74) is 8.48. The van der Waals surface area contributed by atoms with E-state index in [9.17, 15) is 0 Å². The van der Waals surface area contributed by atoms with Crippen molar-refractivity contribution in [2.75, 3.05) is 6.54 Å². The number of benzene rings is 1. The standard InChI is InChI=1S/C13H21N/c1-11(2)13-9-4-3-7-12(13)8-5-6-10-14/h3-4,7,9,11H,5-6,8,10,14H2,1-2H3. The summed E-state index contributed by atoms with van der Waals surface area (Å²) in [4.78, 5) is 0. The number of hydrogen-bond donors (Lipinski definition) is 1. The minimum atomic E-state index is 0.629. The van der Waals surface area contributed by atoms with Crippen molar-refractivity contribution in [3.05, 3.63) is 35.4 Å². The van der Waals surface area contributed by atoms with E-state index in [0.717, 1.165) is 13.0 Å². The maximum atomic E-state index is 5.49. The van der Waals surface area contributed by atoms with E-state index in [-0.39, 0.29) is 0 Å². The predicted molar refractivity (Wildman–Crippen MR) is 62.5 cm³/mol. The lowest BCUT2D eigenvalue weighted by atomic mass is 9.94. The molecular weight excluding hydrogens is 170 g/mol. The van der Waals surface area contributed by atoms with Crippen molar-refractivity contribution in [2.24, 2.45) is 5.73 Å². The first-order valence-electron chi connectivity index (χ1n) is 5.53. The van der Waals surface area contributed by atoms with Gasteiger partial charge in [-0.15, -0.1) is 0 Å². The smallest absolute Gasteiger partial charge is 0.00772 e. The van der Waals surface area contributed by atoms with Gasteiger partial charge in [-0.05, 0) is 42.9 Å². The van der Waals surface area contributed by atoms with E-state index >= 15 is 0 Å². The molecule has 0 saturated heterocycles. The average Bonchev–Trinajstić information content (AvgIpc) is 2.19. The fourth-order valence-corrected chi connectivity index (χ4v) is 1.78. The van der Waals surface area contributed by atoms with Crippen molar-refractivity contribution in [1.29, 1.82) is 0 Å². The maximum Gasteiger partial charge on any atom is -0.00772 e. The Morgan fingerprint density at radius 2 is 1.86 bits per heavy atom. The molecule has 0 aromatic heterocycles. The van der Waals surface area contributed by atoms with Crippen molar-refractivity contribution in [3.63, 3.8) is 0 Å². The molecule has 0 spiro atoms. The number of nitrogens with two attached hydrogens (primary N) is 1. The molecule has 0 aliphatic rings. The van der Waals surface area contributed by atoms with E-state index in [0.29, 0.717) is 5.92 Å². The van der Waals surface area contributed by atoms with Gasteiger partial charge in [-0.25, -0.2) is 0 Å². The molecule has 14 heavy (non-hydrogen) atoms. The highest BCUT2D eigenvalue weighted by Crippen LogP contribution is 2.20. The molecule has 0 unspecified atom stereocenters. The average molecular weight is 191 g/mol. The number of rotatable bonds is 5. The summed E-state index contributed by atoms with van der Waals surface area (Å²) in [5.74, 6) is 0.629. The summed E-state index contributed by atoms with van der Waals surface area (Å²) in [6.07, 6.45) is 3.51. The lowest BCUT2D eigenvalue weighted by molar-refractivity contribution is 0.731. The van der Waals surface area contributed by atoms with Crippen LogP contribution in [0.25, 0.3) is 0 Å². The zero-order valence-corrected chi connectivity index (χ0v) is 9.29. The van der Waals surface area contributed by atoms with Crippen molar-refractivity contribution in [1.82, 2.24) is 0 Å². The molecule has 0 atom stereocenters. The Balaban J connectivity index is 2.64.